The standard InChI is InChI=1S/C15H16BrN3O3S/c1-10(11-5-7-13(8-6-11)18-15(17)20)19-23(21,22)14-4-2-3-12(16)9-14/h2-10,19H,1H3,(H3,17,18,20). The monoisotopic (exact) mass is 397 g/mol. The lowest BCUT2D eigenvalue weighted by atomic mass is 10.1. The van der Waals surface area contributed by atoms with Crippen molar-refractivity contribution in [1.29, 1.82) is 0 Å². The summed E-state index contributed by atoms with van der Waals surface area (Å²) in [4.78, 5) is 11.0. The fourth-order valence-corrected chi connectivity index (χ4v) is 3.83. The van der Waals surface area contributed by atoms with Gasteiger partial charge in [0, 0.05) is 16.2 Å². The lowest BCUT2D eigenvalue weighted by Gasteiger charge is -2.15. The van der Waals surface area contributed by atoms with E-state index in [2.05, 4.69) is 26.0 Å². The Kier molecular flexibility index (Phi) is 5.40. The third-order valence-corrected chi connectivity index (χ3v) is 5.15. The number of halogens is 1. The zero-order chi connectivity index (χ0) is 17.0. The number of nitrogens with two attached hydrogens (primary N) is 1. The molecule has 0 bridgehead atoms. The van der Waals surface area contributed by atoms with Gasteiger partial charge >= 0.3 is 6.03 Å². The number of anilines is 1. The molecule has 1 atom stereocenters. The average molecular weight is 398 g/mol. The molecule has 0 radical (unpaired) electrons. The fraction of sp³-hybridized carbons (Fsp3) is 0.133. The summed E-state index contributed by atoms with van der Waals surface area (Å²) >= 11 is 3.26. The summed E-state index contributed by atoms with van der Waals surface area (Å²) in [7, 11) is -3.63. The van der Waals surface area contributed by atoms with Gasteiger partial charge in [0.05, 0.1) is 4.90 Å². The number of carbonyl (C=O) groups is 1. The molecule has 4 N–H and O–H groups in total. The molecule has 8 heteroatoms. The van der Waals surface area contributed by atoms with Crippen LogP contribution < -0.4 is 15.8 Å². The van der Waals surface area contributed by atoms with Gasteiger partial charge in [-0.3, -0.25) is 0 Å². The molecule has 2 aromatic rings. The second-order valence-electron chi connectivity index (χ2n) is 4.91. The number of sulfonamides is 1. The number of nitrogens with one attached hydrogen (secondary N) is 2. The summed E-state index contributed by atoms with van der Waals surface area (Å²) in [5, 5.41) is 2.45. The molecule has 0 aliphatic carbocycles. The van der Waals surface area contributed by atoms with Crippen LogP contribution >= 0.6 is 15.9 Å². The van der Waals surface area contributed by atoms with Gasteiger partial charge in [0.2, 0.25) is 10.0 Å². The Morgan fingerprint density at radius 2 is 1.83 bits per heavy atom. The summed E-state index contributed by atoms with van der Waals surface area (Å²) in [6.07, 6.45) is 0. The van der Waals surface area contributed by atoms with Crippen LogP contribution in [-0.2, 0) is 10.0 Å². The van der Waals surface area contributed by atoms with Crippen LogP contribution in [0.1, 0.15) is 18.5 Å². The van der Waals surface area contributed by atoms with Gasteiger partial charge in [0.1, 0.15) is 0 Å². The highest BCUT2D eigenvalue weighted by Gasteiger charge is 2.18. The Balaban J connectivity index is 2.14. The minimum atomic E-state index is -3.63. The van der Waals surface area contributed by atoms with Crippen molar-refractivity contribution in [3.05, 3.63) is 58.6 Å². The Hall–Kier alpha value is -1.90. The molecule has 2 rings (SSSR count). The van der Waals surface area contributed by atoms with E-state index in [0.717, 1.165) is 5.56 Å². The number of carbonyl (C=O) groups excluding carboxylic acids is 1. The maximum absolute atomic E-state index is 12.4. The van der Waals surface area contributed by atoms with Gasteiger partial charge in [-0.05, 0) is 42.8 Å². The molecule has 0 aromatic heterocycles. The first kappa shape index (κ1) is 17.5. The minimum Gasteiger partial charge on any atom is -0.351 e. The lowest BCUT2D eigenvalue weighted by molar-refractivity contribution is 0.259. The number of benzene rings is 2. The smallest absolute Gasteiger partial charge is 0.316 e. The molecule has 0 heterocycles. The topological polar surface area (TPSA) is 101 Å². The molecule has 1 unspecified atom stereocenters. The molecule has 2 amide bonds. The third-order valence-electron chi connectivity index (χ3n) is 3.12. The van der Waals surface area contributed by atoms with Crippen molar-refractivity contribution in [2.45, 2.75) is 17.9 Å². The first-order chi connectivity index (χ1) is 10.8. The van der Waals surface area contributed by atoms with Crippen LogP contribution in [0, 0.1) is 0 Å². The Labute approximate surface area is 143 Å². The van der Waals surface area contributed by atoms with E-state index < -0.39 is 22.1 Å². The second-order valence-corrected chi connectivity index (χ2v) is 7.54. The minimum absolute atomic E-state index is 0.186. The highest BCUT2D eigenvalue weighted by molar-refractivity contribution is 9.10. The van der Waals surface area contributed by atoms with Crippen molar-refractivity contribution >= 4 is 37.7 Å². The van der Waals surface area contributed by atoms with Crippen LogP contribution in [0.25, 0.3) is 0 Å². The van der Waals surface area contributed by atoms with Crippen LogP contribution in [0.3, 0.4) is 0 Å². The summed E-state index contributed by atoms with van der Waals surface area (Å²) in [6.45, 7) is 1.74. The van der Waals surface area contributed by atoms with Crippen molar-refractivity contribution in [2.75, 3.05) is 5.32 Å². The second kappa shape index (κ2) is 7.12. The predicted molar refractivity (Wildman–Crippen MR) is 92.5 cm³/mol. The van der Waals surface area contributed by atoms with Gasteiger partial charge in [0.15, 0.2) is 0 Å². The van der Waals surface area contributed by atoms with Crippen molar-refractivity contribution in [3.63, 3.8) is 0 Å². The normalized spacial score (nSPS) is 12.6. The van der Waals surface area contributed by atoms with E-state index in [1.165, 1.54) is 12.1 Å². The molecule has 6 nitrogen and oxygen atoms in total. The number of urea groups is 1. The van der Waals surface area contributed by atoms with Gasteiger partial charge in [-0.2, -0.15) is 0 Å². The average Bonchev–Trinajstić information content (AvgIpc) is 2.47. The van der Waals surface area contributed by atoms with Crippen LogP contribution in [0.5, 0.6) is 0 Å². The predicted octanol–water partition coefficient (Wildman–Crippen LogP) is 2.98. The molecule has 0 saturated heterocycles. The van der Waals surface area contributed by atoms with Crippen LogP contribution in [0.2, 0.25) is 0 Å². The van der Waals surface area contributed by atoms with E-state index in [0.29, 0.717) is 10.2 Å². The number of hydrogen-bond donors (Lipinski definition) is 3. The van der Waals surface area contributed by atoms with E-state index >= 15 is 0 Å². The van der Waals surface area contributed by atoms with E-state index in [4.69, 9.17) is 5.73 Å². The van der Waals surface area contributed by atoms with Crippen molar-refractivity contribution in [1.82, 2.24) is 4.72 Å². The molecule has 0 spiro atoms. The molecule has 0 fully saturated rings. The Morgan fingerprint density at radius 3 is 2.39 bits per heavy atom. The SMILES string of the molecule is CC(NS(=O)(=O)c1cccc(Br)c1)c1ccc(NC(N)=O)cc1. The van der Waals surface area contributed by atoms with Gasteiger partial charge in [0.25, 0.3) is 0 Å². The first-order valence-electron chi connectivity index (χ1n) is 6.72. The summed E-state index contributed by atoms with van der Waals surface area (Å²) in [5.74, 6) is 0. The quantitative estimate of drug-likeness (QED) is 0.722. The molecule has 0 saturated carbocycles. The van der Waals surface area contributed by atoms with Gasteiger partial charge in [-0.15, -0.1) is 0 Å². The van der Waals surface area contributed by atoms with Gasteiger partial charge < -0.3 is 11.1 Å². The maximum Gasteiger partial charge on any atom is 0.316 e. The molecule has 0 aliphatic rings. The van der Waals surface area contributed by atoms with Crippen LogP contribution in [0.4, 0.5) is 10.5 Å². The molecular weight excluding hydrogens is 382 g/mol. The van der Waals surface area contributed by atoms with E-state index in [9.17, 15) is 13.2 Å². The van der Waals surface area contributed by atoms with E-state index in [-0.39, 0.29) is 4.90 Å². The summed E-state index contributed by atoms with van der Waals surface area (Å²) in [5.41, 5.74) is 6.34. The molecule has 2 aromatic carbocycles. The number of hydrogen-bond acceptors (Lipinski definition) is 3. The van der Waals surface area contributed by atoms with Crippen molar-refractivity contribution < 1.29 is 13.2 Å². The highest BCUT2D eigenvalue weighted by Crippen LogP contribution is 2.21. The zero-order valence-corrected chi connectivity index (χ0v) is 14.7. The van der Waals surface area contributed by atoms with Gasteiger partial charge in [-0.25, -0.2) is 17.9 Å². The molecule has 0 aliphatic heterocycles. The summed E-state index contributed by atoms with van der Waals surface area (Å²) in [6, 6.07) is 12.2. The maximum atomic E-state index is 12.4. The lowest BCUT2D eigenvalue weighted by Crippen LogP contribution is -2.27. The zero-order valence-electron chi connectivity index (χ0n) is 12.3. The number of primary amides is 1. The van der Waals surface area contributed by atoms with E-state index in [1.54, 1.807) is 43.3 Å². The number of rotatable bonds is 5. The molecule has 122 valence electrons. The first-order valence-corrected chi connectivity index (χ1v) is 9.00. The van der Waals surface area contributed by atoms with Crippen molar-refractivity contribution in [2.24, 2.45) is 5.73 Å². The van der Waals surface area contributed by atoms with Crippen LogP contribution in [-0.4, -0.2) is 14.4 Å². The van der Waals surface area contributed by atoms with Crippen molar-refractivity contribution in [3.8, 4) is 0 Å². The van der Waals surface area contributed by atoms with E-state index in [1.807, 2.05) is 0 Å². The largest absolute Gasteiger partial charge is 0.351 e. The number of amides is 2. The Bertz CT molecular complexity index is 807. The molecule has 23 heavy (non-hydrogen) atoms. The Morgan fingerprint density at radius 1 is 1.17 bits per heavy atom. The summed E-state index contributed by atoms with van der Waals surface area (Å²) < 4.78 is 28.1. The fourth-order valence-electron chi connectivity index (χ4n) is 2.00. The highest BCUT2D eigenvalue weighted by atomic mass is 79.9. The molecular formula is C15H16BrN3O3S. The third kappa shape index (κ3) is 4.78. The van der Waals surface area contributed by atoms with Crippen LogP contribution in [0.15, 0.2) is 57.9 Å². The van der Waals surface area contributed by atoms with Gasteiger partial charge in [-0.1, -0.05) is 34.1 Å².